The summed E-state index contributed by atoms with van der Waals surface area (Å²) in [5, 5.41) is 4.39. The van der Waals surface area contributed by atoms with E-state index in [4.69, 9.17) is 25.5 Å². The van der Waals surface area contributed by atoms with Crippen LogP contribution in [-0.4, -0.2) is 19.6 Å². The fourth-order valence-electron chi connectivity index (χ4n) is 3.64. The highest BCUT2D eigenvalue weighted by Crippen LogP contribution is 2.38. The summed E-state index contributed by atoms with van der Waals surface area (Å²) < 4.78 is 17.1. The van der Waals surface area contributed by atoms with Gasteiger partial charge in [-0.3, -0.25) is 4.79 Å². The van der Waals surface area contributed by atoms with E-state index in [1.165, 1.54) is 0 Å². The molecule has 6 heteroatoms. The Morgan fingerprint density at radius 3 is 2.64 bits per heavy atom. The molecule has 5 nitrogen and oxygen atoms in total. The quantitative estimate of drug-likeness (QED) is 0.295. The van der Waals surface area contributed by atoms with E-state index in [2.05, 4.69) is 5.32 Å². The molecule has 1 amide bonds. The Kier molecular flexibility index (Phi) is 6.71. The van der Waals surface area contributed by atoms with E-state index < -0.39 is 0 Å². The van der Waals surface area contributed by atoms with Crippen LogP contribution in [0.4, 0.5) is 5.69 Å². The average molecular weight is 462 g/mol. The highest BCUT2D eigenvalue weighted by atomic mass is 35.5. The lowest BCUT2D eigenvalue weighted by molar-refractivity contribution is -0.111. The molecule has 0 spiro atoms. The first-order valence-electron chi connectivity index (χ1n) is 10.6. The number of rotatable bonds is 7. The third kappa shape index (κ3) is 5.04. The monoisotopic (exact) mass is 461 g/mol. The second-order valence-corrected chi connectivity index (χ2v) is 7.92. The number of methoxy groups -OCH3 is 1. The molecule has 168 valence electrons. The van der Waals surface area contributed by atoms with Gasteiger partial charge in [0.2, 0.25) is 5.91 Å². The fraction of sp³-hybridized carbons (Fsp3) is 0.148. The Morgan fingerprint density at radius 1 is 1.12 bits per heavy atom. The molecular formula is C27H24ClNO4. The summed E-state index contributed by atoms with van der Waals surface area (Å²) in [5.74, 6) is 1.19. The highest BCUT2D eigenvalue weighted by Gasteiger charge is 2.16. The minimum Gasteiger partial charge on any atom is -0.497 e. The van der Waals surface area contributed by atoms with Gasteiger partial charge in [0.15, 0.2) is 0 Å². The summed E-state index contributed by atoms with van der Waals surface area (Å²) in [6.07, 6.45) is 3.29. The fourth-order valence-corrected chi connectivity index (χ4v) is 3.76. The number of carbonyl (C=O) groups is 1. The van der Waals surface area contributed by atoms with Crippen molar-refractivity contribution in [3.8, 4) is 22.6 Å². The highest BCUT2D eigenvalue weighted by molar-refractivity contribution is 6.30. The number of amides is 1. The molecule has 0 aliphatic carbocycles. The van der Waals surface area contributed by atoms with Gasteiger partial charge in [-0.1, -0.05) is 23.7 Å². The van der Waals surface area contributed by atoms with Crippen LogP contribution in [0.25, 0.3) is 27.7 Å². The normalized spacial score (nSPS) is 11.5. The summed E-state index contributed by atoms with van der Waals surface area (Å²) in [5.41, 5.74) is 4.88. The molecule has 33 heavy (non-hydrogen) atoms. The van der Waals surface area contributed by atoms with Crippen molar-refractivity contribution in [1.29, 1.82) is 0 Å². The number of anilines is 1. The molecule has 0 saturated carbocycles. The van der Waals surface area contributed by atoms with Crippen LogP contribution in [0.5, 0.6) is 11.5 Å². The van der Waals surface area contributed by atoms with E-state index in [1.807, 2.05) is 50.2 Å². The van der Waals surface area contributed by atoms with E-state index in [-0.39, 0.29) is 5.91 Å². The smallest absolute Gasteiger partial charge is 0.248 e. The van der Waals surface area contributed by atoms with Crippen LogP contribution >= 0.6 is 11.6 Å². The maximum atomic E-state index is 12.6. The maximum absolute atomic E-state index is 12.6. The number of hydrogen-bond donors (Lipinski definition) is 1. The lowest BCUT2D eigenvalue weighted by atomic mass is 9.99. The van der Waals surface area contributed by atoms with Crippen molar-refractivity contribution in [1.82, 2.24) is 0 Å². The van der Waals surface area contributed by atoms with Gasteiger partial charge in [-0.25, -0.2) is 0 Å². The number of furan rings is 1. The van der Waals surface area contributed by atoms with Crippen LogP contribution in [0.15, 0.2) is 77.4 Å². The standard InChI is InChI=1S/C27H24ClNO4/c1-4-32-25-15-26-23(24(16-33-26)18-6-5-7-21(13-18)31-3)14-22(25)17(2)12-27(30)29-20-10-8-19(28)9-11-20/h5-16H,4H2,1-3H3,(H,29,30)/b17-12+. The van der Waals surface area contributed by atoms with Crippen LogP contribution < -0.4 is 14.8 Å². The zero-order valence-electron chi connectivity index (χ0n) is 18.6. The number of carbonyl (C=O) groups excluding carboxylic acids is 1. The Labute approximate surface area is 197 Å². The molecule has 0 unspecified atom stereocenters. The molecule has 0 fully saturated rings. The number of halogens is 1. The molecule has 0 saturated heterocycles. The Balaban J connectivity index is 1.72. The second kappa shape index (κ2) is 9.84. The minimum atomic E-state index is -0.238. The minimum absolute atomic E-state index is 0.238. The predicted molar refractivity (Wildman–Crippen MR) is 133 cm³/mol. The van der Waals surface area contributed by atoms with Gasteiger partial charge in [-0.05, 0) is 67.4 Å². The summed E-state index contributed by atoms with van der Waals surface area (Å²) in [6.45, 7) is 4.30. The second-order valence-electron chi connectivity index (χ2n) is 7.48. The van der Waals surface area contributed by atoms with Gasteiger partial charge < -0.3 is 19.2 Å². The Bertz CT molecular complexity index is 1320. The van der Waals surface area contributed by atoms with Crippen LogP contribution in [-0.2, 0) is 4.79 Å². The van der Waals surface area contributed by atoms with Gasteiger partial charge in [0, 0.05) is 39.4 Å². The van der Waals surface area contributed by atoms with Gasteiger partial charge in [-0.15, -0.1) is 0 Å². The van der Waals surface area contributed by atoms with Crippen molar-refractivity contribution in [2.75, 3.05) is 19.0 Å². The molecule has 1 heterocycles. The Hall–Kier alpha value is -3.70. The topological polar surface area (TPSA) is 60.7 Å². The van der Waals surface area contributed by atoms with Gasteiger partial charge in [0.05, 0.1) is 20.0 Å². The summed E-state index contributed by atoms with van der Waals surface area (Å²) in [4.78, 5) is 12.6. The molecule has 0 atom stereocenters. The largest absolute Gasteiger partial charge is 0.497 e. The predicted octanol–water partition coefficient (Wildman–Crippen LogP) is 7.20. The van der Waals surface area contributed by atoms with Crippen molar-refractivity contribution in [2.24, 2.45) is 0 Å². The van der Waals surface area contributed by atoms with Crippen LogP contribution in [0.1, 0.15) is 19.4 Å². The van der Waals surface area contributed by atoms with Crippen molar-refractivity contribution < 1.29 is 18.7 Å². The molecule has 4 aromatic rings. The van der Waals surface area contributed by atoms with Gasteiger partial charge >= 0.3 is 0 Å². The Morgan fingerprint density at radius 2 is 1.91 bits per heavy atom. The molecule has 0 aliphatic heterocycles. The summed E-state index contributed by atoms with van der Waals surface area (Å²) in [7, 11) is 1.64. The van der Waals surface area contributed by atoms with Crippen LogP contribution in [0, 0.1) is 0 Å². The van der Waals surface area contributed by atoms with Gasteiger partial charge in [0.25, 0.3) is 0 Å². The lowest BCUT2D eigenvalue weighted by Crippen LogP contribution is -2.08. The van der Waals surface area contributed by atoms with Gasteiger partial charge in [-0.2, -0.15) is 0 Å². The molecule has 4 rings (SSSR count). The van der Waals surface area contributed by atoms with Crippen LogP contribution in [0.3, 0.4) is 0 Å². The zero-order chi connectivity index (χ0) is 23.4. The maximum Gasteiger partial charge on any atom is 0.248 e. The van der Waals surface area contributed by atoms with E-state index in [9.17, 15) is 4.79 Å². The van der Waals surface area contributed by atoms with E-state index in [0.717, 1.165) is 33.4 Å². The van der Waals surface area contributed by atoms with Crippen molar-refractivity contribution in [3.63, 3.8) is 0 Å². The molecule has 0 bridgehead atoms. The van der Waals surface area contributed by atoms with Crippen molar-refractivity contribution in [3.05, 3.63) is 83.6 Å². The number of ether oxygens (including phenoxy) is 2. The van der Waals surface area contributed by atoms with Gasteiger partial charge in [0.1, 0.15) is 17.1 Å². The molecular weight excluding hydrogens is 438 g/mol. The van der Waals surface area contributed by atoms with E-state index in [0.29, 0.717) is 28.6 Å². The van der Waals surface area contributed by atoms with Crippen molar-refractivity contribution in [2.45, 2.75) is 13.8 Å². The first-order valence-corrected chi connectivity index (χ1v) is 10.9. The third-order valence-corrected chi connectivity index (χ3v) is 5.49. The van der Waals surface area contributed by atoms with E-state index >= 15 is 0 Å². The summed E-state index contributed by atoms with van der Waals surface area (Å²) in [6, 6.07) is 18.6. The SMILES string of the molecule is CCOc1cc2occ(-c3cccc(OC)c3)c2cc1/C(C)=C/C(=O)Nc1ccc(Cl)cc1. The number of fused-ring (bicyclic) bond motifs is 1. The molecule has 3 aromatic carbocycles. The first-order chi connectivity index (χ1) is 16.0. The lowest BCUT2D eigenvalue weighted by Gasteiger charge is -2.12. The molecule has 1 N–H and O–H groups in total. The van der Waals surface area contributed by atoms with Crippen LogP contribution in [0.2, 0.25) is 5.02 Å². The molecule has 0 aliphatic rings. The number of benzene rings is 3. The van der Waals surface area contributed by atoms with Crippen molar-refractivity contribution >= 4 is 39.7 Å². The number of hydrogen-bond acceptors (Lipinski definition) is 4. The summed E-state index contributed by atoms with van der Waals surface area (Å²) >= 11 is 5.92. The molecule has 1 aromatic heterocycles. The zero-order valence-corrected chi connectivity index (χ0v) is 19.4. The number of nitrogens with one attached hydrogen (secondary N) is 1. The van der Waals surface area contributed by atoms with E-state index in [1.54, 1.807) is 43.7 Å². The molecule has 0 radical (unpaired) electrons. The third-order valence-electron chi connectivity index (χ3n) is 5.24. The number of allylic oxidation sites excluding steroid dienone is 1. The first kappa shape index (κ1) is 22.5. The average Bonchev–Trinajstić information content (AvgIpc) is 3.23.